The molecule has 2 aromatic carbocycles. The van der Waals surface area contributed by atoms with Gasteiger partial charge in [-0.05, 0) is 55.2 Å². The molecule has 4 rings (SSSR count). The molecule has 3 aromatic rings. The van der Waals surface area contributed by atoms with E-state index < -0.39 is 0 Å². The van der Waals surface area contributed by atoms with E-state index in [4.69, 9.17) is 4.98 Å². The van der Waals surface area contributed by atoms with Gasteiger partial charge >= 0.3 is 0 Å². The minimum atomic E-state index is 0.130. The topological polar surface area (TPSA) is 38.1 Å². The van der Waals surface area contributed by atoms with Gasteiger partial charge in [0.05, 0.1) is 11.0 Å². The molecule has 140 valence electrons. The number of hydrogen-bond donors (Lipinski definition) is 0. The summed E-state index contributed by atoms with van der Waals surface area (Å²) in [5.41, 5.74) is 5.65. The summed E-state index contributed by atoms with van der Waals surface area (Å²) in [6.07, 6.45) is 0.522. The van der Waals surface area contributed by atoms with Crippen molar-refractivity contribution in [3.8, 4) is 0 Å². The summed E-state index contributed by atoms with van der Waals surface area (Å²) in [4.78, 5) is 19.6. The SMILES string of the molecule is Cc1ccc(N2C[C@H](c3nc4ccccc4n3CC(C)C)CC2=O)cc1C. The molecule has 4 nitrogen and oxygen atoms in total. The standard InChI is InChI=1S/C23H27N3O/c1-15(2)13-26-21-8-6-5-7-20(21)24-23(26)18-12-22(27)25(14-18)19-10-9-16(3)17(4)11-19/h5-11,15,18H,12-14H2,1-4H3/t18-/m1/s1. The van der Waals surface area contributed by atoms with Crippen LogP contribution in [0.5, 0.6) is 0 Å². The molecule has 0 aliphatic carbocycles. The summed E-state index contributed by atoms with van der Waals surface area (Å²) >= 11 is 0. The van der Waals surface area contributed by atoms with Crippen LogP contribution in [0.1, 0.15) is 43.1 Å². The number of rotatable bonds is 4. The Morgan fingerprint density at radius 2 is 1.89 bits per heavy atom. The maximum Gasteiger partial charge on any atom is 0.227 e. The van der Waals surface area contributed by atoms with Gasteiger partial charge in [-0.2, -0.15) is 0 Å². The van der Waals surface area contributed by atoms with Crippen molar-refractivity contribution in [2.45, 2.75) is 46.6 Å². The highest BCUT2D eigenvalue weighted by atomic mass is 16.2. The number of nitrogens with zero attached hydrogens (tertiary/aromatic N) is 3. The first-order chi connectivity index (χ1) is 12.9. The number of anilines is 1. The summed E-state index contributed by atoms with van der Waals surface area (Å²) in [6.45, 7) is 10.3. The predicted molar refractivity (Wildman–Crippen MR) is 110 cm³/mol. The van der Waals surface area contributed by atoms with Crippen LogP contribution in [0, 0.1) is 19.8 Å². The van der Waals surface area contributed by atoms with Crippen LogP contribution >= 0.6 is 0 Å². The number of benzene rings is 2. The summed E-state index contributed by atoms with van der Waals surface area (Å²) in [7, 11) is 0. The molecule has 1 atom stereocenters. The smallest absolute Gasteiger partial charge is 0.227 e. The second-order valence-electron chi connectivity index (χ2n) is 8.14. The molecule has 1 aliphatic rings. The molecule has 1 aromatic heterocycles. The van der Waals surface area contributed by atoms with Gasteiger partial charge in [0.15, 0.2) is 0 Å². The first-order valence-corrected chi connectivity index (χ1v) is 9.77. The van der Waals surface area contributed by atoms with Gasteiger partial charge in [-0.25, -0.2) is 4.98 Å². The van der Waals surface area contributed by atoms with Crippen molar-refractivity contribution in [3.63, 3.8) is 0 Å². The van der Waals surface area contributed by atoms with Crippen LogP contribution in [0.3, 0.4) is 0 Å². The van der Waals surface area contributed by atoms with Gasteiger partial charge in [-0.15, -0.1) is 0 Å². The minimum absolute atomic E-state index is 0.130. The van der Waals surface area contributed by atoms with Crippen molar-refractivity contribution in [3.05, 3.63) is 59.4 Å². The summed E-state index contributed by atoms with van der Waals surface area (Å²) < 4.78 is 2.32. The molecule has 0 N–H and O–H groups in total. The average Bonchev–Trinajstić information content (AvgIpc) is 3.18. The predicted octanol–water partition coefficient (Wildman–Crippen LogP) is 4.83. The van der Waals surface area contributed by atoms with Gasteiger partial charge in [0, 0.05) is 31.1 Å². The maximum absolute atomic E-state index is 12.8. The lowest BCUT2D eigenvalue weighted by Crippen LogP contribution is -2.24. The van der Waals surface area contributed by atoms with Crippen molar-refractivity contribution in [1.29, 1.82) is 0 Å². The fourth-order valence-electron chi connectivity index (χ4n) is 3.99. The van der Waals surface area contributed by atoms with Crippen molar-refractivity contribution in [1.82, 2.24) is 9.55 Å². The Morgan fingerprint density at radius 1 is 1.11 bits per heavy atom. The number of carbonyl (C=O) groups is 1. The molecule has 1 saturated heterocycles. The van der Waals surface area contributed by atoms with E-state index >= 15 is 0 Å². The van der Waals surface area contributed by atoms with Gasteiger partial charge < -0.3 is 9.47 Å². The van der Waals surface area contributed by atoms with Crippen LogP contribution < -0.4 is 4.90 Å². The van der Waals surface area contributed by atoms with Gasteiger partial charge in [-0.1, -0.05) is 32.0 Å². The zero-order valence-corrected chi connectivity index (χ0v) is 16.6. The third kappa shape index (κ3) is 3.25. The second kappa shape index (κ2) is 6.84. The van der Waals surface area contributed by atoms with Crippen molar-refractivity contribution in [2.75, 3.05) is 11.4 Å². The normalized spacial score (nSPS) is 17.4. The lowest BCUT2D eigenvalue weighted by molar-refractivity contribution is -0.117. The summed E-state index contributed by atoms with van der Waals surface area (Å²) in [5.74, 6) is 1.88. The molecule has 0 spiro atoms. The van der Waals surface area contributed by atoms with Crippen molar-refractivity contribution in [2.24, 2.45) is 5.92 Å². The number of fused-ring (bicyclic) bond motifs is 1. The van der Waals surface area contributed by atoms with Gasteiger partial charge in [0.25, 0.3) is 0 Å². The highest BCUT2D eigenvalue weighted by Crippen LogP contribution is 2.34. The monoisotopic (exact) mass is 361 g/mol. The molecular weight excluding hydrogens is 334 g/mol. The van der Waals surface area contributed by atoms with E-state index in [0.717, 1.165) is 23.6 Å². The molecule has 0 radical (unpaired) electrons. The number of aryl methyl sites for hydroxylation is 2. The highest BCUT2D eigenvalue weighted by molar-refractivity contribution is 5.96. The van der Waals surface area contributed by atoms with Gasteiger partial charge in [0.1, 0.15) is 5.82 Å². The van der Waals surface area contributed by atoms with E-state index in [0.29, 0.717) is 18.9 Å². The molecule has 2 heterocycles. The Morgan fingerprint density at radius 3 is 2.63 bits per heavy atom. The lowest BCUT2D eigenvalue weighted by atomic mass is 10.1. The third-order valence-corrected chi connectivity index (χ3v) is 5.52. The zero-order chi connectivity index (χ0) is 19.1. The largest absolute Gasteiger partial charge is 0.327 e. The molecule has 0 unspecified atom stereocenters. The third-order valence-electron chi connectivity index (χ3n) is 5.52. The Labute approximate surface area is 160 Å². The Hall–Kier alpha value is -2.62. The van der Waals surface area contributed by atoms with Crippen LogP contribution in [0.2, 0.25) is 0 Å². The van der Waals surface area contributed by atoms with Crippen LogP contribution in [0.4, 0.5) is 5.69 Å². The Bertz CT molecular complexity index is 1000. The van der Waals surface area contributed by atoms with Crippen LogP contribution in [0.15, 0.2) is 42.5 Å². The fourth-order valence-corrected chi connectivity index (χ4v) is 3.99. The van der Waals surface area contributed by atoms with E-state index in [1.54, 1.807) is 0 Å². The summed E-state index contributed by atoms with van der Waals surface area (Å²) in [6, 6.07) is 14.6. The highest BCUT2D eigenvalue weighted by Gasteiger charge is 2.35. The van der Waals surface area contributed by atoms with Crippen LogP contribution in [0.25, 0.3) is 11.0 Å². The maximum atomic E-state index is 12.8. The average molecular weight is 361 g/mol. The van der Waals surface area contributed by atoms with E-state index in [-0.39, 0.29) is 11.8 Å². The fraction of sp³-hybridized carbons (Fsp3) is 0.391. The van der Waals surface area contributed by atoms with Crippen molar-refractivity contribution >= 4 is 22.6 Å². The van der Waals surface area contributed by atoms with E-state index in [1.165, 1.54) is 16.6 Å². The van der Waals surface area contributed by atoms with Gasteiger partial charge in [-0.3, -0.25) is 4.79 Å². The lowest BCUT2D eigenvalue weighted by Gasteiger charge is -2.19. The first-order valence-electron chi connectivity index (χ1n) is 9.77. The molecule has 1 aliphatic heterocycles. The van der Waals surface area contributed by atoms with E-state index in [2.05, 4.69) is 68.7 Å². The molecule has 4 heteroatoms. The van der Waals surface area contributed by atoms with Crippen LogP contribution in [-0.2, 0) is 11.3 Å². The molecule has 1 fully saturated rings. The second-order valence-corrected chi connectivity index (χ2v) is 8.14. The molecule has 0 saturated carbocycles. The van der Waals surface area contributed by atoms with Crippen molar-refractivity contribution < 1.29 is 4.79 Å². The Kier molecular flexibility index (Phi) is 4.50. The number of para-hydroxylation sites is 2. The number of aromatic nitrogens is 2. The number of carbonyl (C=O) groups excluding carboxylic acids is 1. The van der Waals surface area contributed by atoms with E-state index in [9.17, 15) is 4.79 Å². The molecule has 27 heavy (non-hydrogen) atoms. The zero-order valence-electron chi connectivity index (χ0n) is 16.6. The molecule has 1 amide bonds. The number of hydrogen-bond acceptors (Lipinski definition) is 2. The quantitative estimate of drug-likeness (QED) is 0.667. The first kappa shape index (κ1) is 17.8. The van der Waals surface area contributed by atoms with Crippen LogP contribution in [-0.4, -0.2) is 22.0 Å². The van der Waals surface area contributed by atoms with E-state index in [1.807, 2.05) is 11.0 Å². The number of amides is 1. The van der Waals surface area contributed by atoms with Gasteiger partial charge in [0.2, 0.25) is 5.91 Å². The number of imidazole rings is 1. The minimum Gasteiger partial charge on any atom is -0.327 e. The molecule has 0 bridgehead atoms. The Balaban J connectivity index is 1.70. The molecular formula is C23H27N3O. The summed E-state index contributed by atoms with van der Waals surface area (Å²) in [5, 5.41) is 0.